The van der Waals surface area contributed by atoms with Crippen LogP contribution >= 0.6 is 34.4 Å². The van der Waals surface area contributed by atoms with Crippen molar-refractivity contribution >= 4 is 34.4 Å². The van der Waals surface area contributed by atoms with Gasteiger partial charge < -0.3 is 4.57 Å². The fourth-order valence-electron chi connectivity index (χ4n) is 3.41. The first-order valence-corrected chi connectivity index (χ1v) is 11.5. The zero-order chi connectivity index (χ0) is 17.1. The fourth-order valence-corrected chi connectivity index (χ4v) is 5.75. The van der Waals surface area contributed by atoms with Gasteiger partial charge in [0.2, 0.25) is 0 Å². The lowest BCUT2D eigenvalue weighted by atomic mass is 9.95. The number of thioether (sulfide) groups is 1. The molecule has 0 N–H and O–H groups in total. The van der Waals surface area contributed by atoms with Gasteiger partial charge in [-0.3, -0.25) is 0 Å². The molecule has 132 valence electrons. The Labute approximate surface area is 160 Å². The van der Waals surface area contributed by atoms with Gasteiger partial charge >= 0.3 is 0 Å². The highest BCUT2D eigenvalue weighted by molar-refractivity contribution is 7.98. The quantitative estimate of drug-likeness (QED) is 0.522. The zero-order valence-electron chi connectivity index (χ0n) is 14.4. The SMILES string of the molecule is Cc1nc(CSc2nnc(Cc3cccs3)n2C2CCCCC2)cs1. The van der Waals surface area contributed by atoms with E-state index in [4.69, 9.17) is 0 Å². The molecule has 7 heteroatoms. The summed E-state index contributed by atoms with van der Waals surface area (Å²) in [5.41, 5.74) is 1.14. The molecule has 0 aliphatic heterocycles. The molecule has 1 aliphatic rings. The van der Waals surface area contributed by atoms with Crippen LogP contribution in [0.3, 0.4) is 0 Å². The van der Waals surface area contributed by atoms with Gasteiger partial charge in [0.25, 0.3) is 0 Å². The summed E-state index contributed by atoms with van der Waals surface area (Å²) < 4.78 is 2.43. The number of hydrogen-bond acceptors (Lipinski definition) is 6. The molecule has 1 fully saturated rings. The zero-order valence-corrected chi connectivity index (χ0v) is 16.8. The summed E-state index contributed by atoms with van der Waals surface area (Å²) in [5, 5.41) is 15.6. The average molecular weight is 391 g/mol. The fraction of sp³-hybridized carbons (Fsp3) is 0.500. The molecule has 0 bridgehead atoms. The van der Waals surface area contributed by atoms with Gasteiger partial charge in [0.15, 0.2) is 5.16 Å². The molecule has 4 nitrogen and oxygen atoms in total. The van der Waals surface area contributed by atoms with Gasteiger partial charge in [0, 0.05) is 28.5 Å². The van der Waals surface area contributed by atoms with E-state index in [0.717, 1.165) is 33.9 Å². The van der Waals surface area contributed by atoms with Crippen LogP contribution < -0.4 is 0 Å². The van der Waals surface area contributed by atoms with Crippen molar-refractivity contribution in [3.05, 3.63) is 44.3 Å². The molecular weight excluding hydrogens is 368 g/mol. The van der Waals surface area contributed by atoms with Gasteiger partial charge in [-0.15, -0.1) is 32.9 Å². The first-order valence-electron chi connectivity index (χ1n) is 8.79. The normalized spacial score (nSPS) is 15.7. The molecule has 25 heavy (non-hydrogen) atoms. The van der Waals surface area contributed by atoms with E-state index in [-0.39, 0.29) is 0 Å². The minimum absolute atomic E-state index is 0.554. The van der Waals surface area contributed by atoms with Crippen LogP contribution in [0.15, 0.2) is 28.0 Å². The molecule has 0 amide bonds. The lowest BCUT2D eigenvalue weighted by molar-refractivity contribution is 0.330. The lowest BCUT2D eigenvalue weighted by Crippen LogP contribution is -2.16. The highest BCUT2D eigenvalue weighted by Gasteiger charge is 2.23. The number of hydrogen-bond donors (Lipinski definition) is 0. The number of rotatable bonds is 6. The molecule has 0 saturated heterocycles. The number of nitrogens with zero attached hydrogens (tertiary/aromatic N) is 4. The van der Waals surface area contributed by atoms with Crippen LogP contribution in [0.1, 0.15) is 59.5 Å². The van der Waals surface area contributed by atoms with E-state index in [0.29, 0.717) is 6.04 Å². The maximum absolute atomic E-state index is 4.58. The van der Waals surface area contributed by atoms with Crippen LogP contribution in [-0.2, 0) is 12.2 Å². The molecule has 0 atom stereocenters. The molecule has 1 aliphatic carbocycles. The second-order valence-corrected chi connectivity index (χ2v) is 9.50. The Hall–Kier alpha value is -1.18. The Morgan fingerprint density at radius 2 is 2.08 bits per heavy atom. The summed E-state index contributed by atoms with van der Waals surface area (Å²) >= 11 is 5.29. The van der Waals surface area contributed by atoms with Crippen LogP contribution in [0.4, 0.5) is 0 Å². The van der Waals surface area contributed by atoms with Crippen molar-refractivity contribution < 1.29 is 0 Å². The standard InChI is InChI=1S/C18H22N4S3/c1-13-19-14(11-24-13)12-25-18-21-20-17(10-16-8-5-9-23-16)22(18)15-6-3-2-4-7-15/h5,8-9,11,15H,2-4,6-7,10,12H2,1H3. The first kappa shape index (κ1) is 17.2. The van der Waals surface area contributed by atoms with Gasteiger partial charge in [-0.1, -0.05) is 37.1 Å². The number of aromatic nitrogens is 4. The predicted molar refractivity (Wildman–Crippen MR) is 106 cm³/mol. The van der Waals surface area contributed by atoms with E-state index in [1.165, 1.54) is 37.0 Å². The predicted octanol–water partition coefficient (Wildman–Crippen LogP) is 5.49. The van der Waals surface area contributed by atoms with Gasteiger partial charge in [0.1, 0.15) is 5.82 Å². The number of thiazole rings is 1. The Morgan fingerprint density at radius 1 is 1.20 bits per heavy atom. The van der Waals surface area contributed by atoms with Crippen molar-refractivity contribution in [1.82, 2.24) is 19.7 Å². The topological polar surface area (TPSA) is 43.6 Å². The summed E-state index contributed by atoms with van der Waals surface area (Å²) in [5.74, 6) is 1.99. The smallest absolute Gasteiger partial charge is 0.191 e. The molecule has 0 unspecified atom stereocenters. The van der Waals surface area contributed by atoms with Crippen LogP contribution in [0.25, 0.3) is 0 Å². The van der Waals surface area contributed by atoms with Gasteiger partial charge in [-0.05, 0) is 31.2 Å². The van der Waals surface area contributed by atoms with Gasteiger partial charge in [-0.2, -0.15) is 0 Å². The van der Waals surface area contributed by atoms with Crippen molar-refractivity contribution in [3.8, 4) is 0 Å². The van der Waals surface area contributed by atoms with Crippen LogP contribution in [0, 0.1) is 6.92 Å². The van der Waals surface area contributed by atoms with E-state index in [9.17, 15) is 0 Å². The van der Waals surface area contributed by atoms with Crippen molar-refractivity contribution in [3.63, 3.8) is 0 Å². The molecule has 3 heterocycles. The van der Waals surface area contributed by atoms with Crippen molar-refractivity contribution in [2.24, 2.45) is 0 Å². The lowest BCUT2D eigenvalue weighted by Gasteiger charge is -2.25. The highest BCUT2D eigenvalue weighted by Crippen LogP contribution is 2.34. The molecule has 4 rings (SSSR count). The molecule has 3 aromatic heterocycles. The van der Waals surface area contributed by atoms with E-state index in [1.54, 1.807) is 34.4 Å². The minimum atomic E-state index is 0.554. The number of aryl methyl sites for hydroxylation is 1. The largest absolute Gasteiger partial charge is 0.303 e. The van der Waals surface area contributed by atoms with Crippen molar-refractivity contribution in [2.45, 2.75) is 62.4 Å². The Bertz CT molecular complexity index is 800. The molecule has 1 saturated carbocycles. The molecule has 3 aromatic rings. The van der Waals surface area contributed by atoms with E-state index in [1.807, 2.05) is 0 Å². The van der Waals surface area contributed by atoms with E-state index >= 15 is 0 Å². The van der Waals surface area contributed by atoms with Crippen LogP contribution in [0.5, 0.6) is 0 Å². The summed E-state index contributed by atoms with van der Waals surface area (Å²) in [4.78, 5) is 5.93. The van der Waals surface area contributed by atoms with Gasteiger partial charge in [0.05, 0.1) is 10.7 Å². The van der Waals surface area contributed by atoms with Crippen molar-refractivity contribution in [2.75, 3.05) is 0 Å². The highest BCUT2D eigenvalue weighted by atomic mass is 32.2. The van der Waals surface area contributed by atoms with Gasteiger partial charge in [-0.25, -0.2) is 4.98 Å². The molecular formula is C18H22N4S3. The average Bonchev–Trinajstić information content (AvgIpc) is 3.36. The molecule has 0 radical (unpaired) electrons. The number of thiophene rings is 1. The monoisotopic (exact) mass is 390 g/mol. The second kappa shape index (κ2) is 8.01. The molecule has 0 aromatic carbocycles. The Kier molecular flexibility index (Phi) is 5.53. The summed E-state index contributed by atoms with van der Waals surface area (Å²) in [7, 11) is 0. The third kappa shape index (κ3) is 4.15. The van der Waals surface area contributed by atoms with E-state index in [2.05, 4.69) is 49.6 Å². The van der Waals surface area contributed by atoms with Crippen molar-refractivity contribution in [1.29, 1.82) is 0 Å². The third-order valence-electron chi connectivity index (χ3n) is 4.60. The molecule has 0 spiro atoms. The minimum Gasteiger partial charge on any atom is -0.303 e. The third-order valence-corrected chi connectivity index (χ3v) is 7.28. The Morgan fingerprint density at radius 3 is 2.80 bits per heavy atom. The Balaban J connectivity index is 1.57. The van der Waals surface area contributed by atoms with Crippen LogP contribution in [-0.4, -0.2) is 19.7 Å². The summed E-state index contributed by atoms with van der Waals surface area (Å²) in [6.07, 6.45) is 7.38. The maximum Gasteiger partial charge on any atom is 0.191 e. The van der Waals surface area contributed by atoms with E-state index < -0.39 is 0 Å². The first-order chi connectivity index (χ1) is 12.3. The second-order valence-electron chi connectivity index (χ2n) is 6.46. The summed E-state index contributed by atoms with van der Waals surface area (Å²) in [6.45, 7) is 2.06. The summed E-state index contributed by atoms with van der Waals surface area (Å²) in [6, 6.07) is 4.86. The van der Waals surface area contributed by atoms with Crippen LogP contribution in [0.2, 0.25) is 0 Å². The maximum atomic E-state index is 4.58.